The molecule has 0 amide bonds. The SMILES string of the molecule is CNc1[nH]c(N)nc1O. The lowest BCUT2D eigenvalue weighted by Crippen LogP contribution is -1.89. The van der Waals surface area contributed by atoms with Gasteiger partial charge in [0, 0.05) is 7.05 Å². The second-order valence-electron chi connectivity index (χ2n) is 1.57. The lowest BCUT2D eigenvalue weighted by Gasteiger charge is -1.90. The fourth-order valence-electron chi connectivity index (χ4n) is 0.556. The summed E-state index contributed by atoms with van der Waals surface area (Å²) in [7, 11) is 1.66. The second kappa shape index (κ2) is 1.85. The highest BCUT2D eigenvalue weighted by Gasteiger charge is 2.02. The molecule has 0 saturated carbocycles. The first-order valence-corrected chi connectivity index (χ1v) is 2.46. The maximum atomic E-state index is 8.85. The molecule has 0 aliphatic carbocycles. The number of aromatic hydroxyl groups is 1. The van der Waals surface area contributed by atoms with Gasteiger partial charge in [0.25, 0.3) is 5.88 Å². The van der Waals surface area contributed by atoms with Crippen LogP contribution in [0.5, 0.6) is 5.88 Å². The van der Waals surface area contributed by atoms with Crippen molar-refractivity contribution in [3.63, 3.8) is 0 Å². The number of nitrogens with zero attached hydrogens (tertiary/aromatic N) is 1. The Morgan fingerprint density at radius 3 is 2.67 bits per heavy atom. The topological polar surface area (TPSA) is 87.0 Å². The summed E-state index contributed by atoms with van der Waals surface area (Å²) >= 11 is 0. The minimum Gasteiger partial charge on any atom is -0.491 e. The number of hydrogen-bond donors (Lipinski definition) is 4. The molecule has 5 N–H and O–H groups in total. The third kappa shape index (κ3) is 0.883. The number of nitrogens with two attached hydrogens (primary N) is 1. The lowest BCUT2D eigenvalue weighted by molar-refractivity contribution is 0.459. The molecule has 0 saturated heterocycles. The van der Waals surface area contributed by atoms with E-state index in [1.807, 2.05) is 0 Å². The first kappa shape index (κ1) is 5.74. The Kier molecular flexibility index (Phi) is 1.18. The van der Waals surface area contributed by atoms with Crippen LogP contribution >= 0.6 is 0 Å². The van der Waals surface area contributed by atoms with Crippen LogP contribution in [-0.2, 0) is 0 Å². The van der Waals surface area contributed by atoms with Crippen molar-refractivity contribution in [2.45, 2.75) is 0 Å². The summed E-state index contributed by atoms with van der Waals surface area (Å²) in [6.07, 6.45) is 0. The third-order valence-electron chi connectivity index (χ3n) is 0.953. The zero-order valence-corrected chi connectivity index (χ0v) is 4.97. The van der Waals surface area contributed by atoms with Crippen LogP contribution in [-0.4, -0.2) is 22.1 Å². The van der Waals surface area contributed by atoms with Gasteiger partial charge in [-0.05, 0) is 0 Å². The Bertz CT molecular complexity index is 206. The summed E-state index contributed by atoms with van der Waals surface area (Å²) < 4.78 is 0. The molecule has 0 aromatic carbocycles. The quantitative estimate of drug-likeness (QED) is 0.419. The van der Waals surface area contributed by atoms with Crippen LogP contribution in [0, 0.1) is 0 Å². The van der Waals surface area contributed by atoms with E-state index in [1.54, 1.807) is 7.05 Å². The zero-order valence-electron chi connectivity index (χ0n) is 4.97. The molecule has 0 unspecified atom stereocenters. The minimum absolute atomic E-state index is 0.102. The normalized spacial score (nSPS) is 9.44. The molecule has 1 aromatic rings. The van der Waals surface area contributed by atoms with Gasteiger partial charge in [-0.3, -0.25) is 0 Å². The molecule has 0 bridgehead atoms. The molecule has 5 nitrogen and oxygen atoms in total. The highest BCUT2D eigenvalue weighted by Crippen LogP contribution is 2.18. The van der Waals surface area contributed by atoms with Crippen molar-refractivity contribution in [1.82, 2.24) is 9.97 Å². The Balaban J connectivity index is 3.01. The third-order valence-corrected chi connectivity index (χ3v) is 0.953. The monoisotopic (exact) mass is 128 g/mol. The molecule has 0 atom stereocenters. The van der Waals surface area contributed by atoms with Gasteiger partial charge in [0.15, 0.2) is 5.82 Å². The Morgan fingerprint density at radius 2 is 2.44 bits per heavy atom. The van der Waals surface area contributed by atoms with Gasteiger partial charge in [-0.15, -0.1) is 0 Å². The smallest absolute Gasteiger partial charge is 0.256 e. The molecule has 1 rings (SSSR count). The van der Waals surface area contributed by atoms with Gasteiger partial charge in [-0.1, -0.05) is 0 Å². The molecule has 0 radical (unpaired) electrons. The number of imidazole rings is 1. The molecule has 5 heteroatoms. The summed E-state index contributed by atoms with van der Waals surface area (Å²) in [5.74, 6) is 0.541. The molecule has 1 heterocycles. The number of rotatable bonds is 1. The largest absolute Gasteiger partial charge is 0.491 e. The van der Waals surface area contributed by atoms with E-state index in [2.05, 4.69) is 15.3 Å². The summed E-state index contributed by atoms with van der Waals surface area (Å²) in [4.78, 5) is 6.10. The van der Waals surface area contributed by atoms with E-state index in [0.717, 1.165) is 0 Å². The van der Waals surface area contributed by atoms with Gasteiger partial charge in [0.2, 0.25) is 5.95 Å². The van der Waals surface area contributed by atoms with Crippen molar-refractivity contribution >= 4 is 11.8 Å². The number of aromatic amines is 1. The zero-order chi connectivity index (χ0) is 6.85. The first-order valence-electron chi connectivity index (χ1n) is 2.46. The van der Waals surface area contributed by atoms with Crippen molar-refractivity contribution in [3.05, 3.63) is 0 Å². The van der Waals surface area contributed by atoms with Crippen molar-refractivity contribution in [2.24, 2.45) is 0 Å². The van der Waals surface area contributed by atoms with Gasteiger partial charge in [0.1, 0.15) is 0 Å². The lowest BCUT2D eigenvalue weighted by atomic mass is 10.7. The molecule has 0 aliphatic heterocycles. The summed E-state index contributed by atoms with van der Waals surface area (Å²) in [5.41, 5.74) is 5.19. The number of nitrogen functional groups attached to an aromatic ring is 1. The fraction of sp³-hybridized carbons (Fsp3) is 0.250. The second-order valence-corrected chi connectivity index (χ2v) is 1.57. The van der Waals surface area contributed by atoms with E-state index in [9.17, 15) is 0 Å². The van der Waals surface area contributed by atoms with Gasteiger partial charge in [-0.25, -0.2) is 0 Å². The van der Waals surface area contributed by atoms with Crippen molar-refractivity contribution < 1.29 is 5.11 Å². The van der Waals surface area contributed by atoms with Crippen molar-refractivity contribution in [3.8, 4) is 5.88 Å². The highest BCUT2D eigenvalue weighted by molar-refractivity contribution is 5.49. The number of H-pyrrole nitrogens is 1. The Labute approximate surface area is 51.9 Å². The maximum Gasteiger partial charge on any atom is 0.256 e. The molecule has 0 aliphatic rings. The average Bonchev–Trinajstić information content (AvgIpc) is 2.10. The number of anilines is 2. The predicted octanol–water partition coefficient (Wildman–Crippen LogP) is -0.261. The maximum absolute atomic E-state index is 8.85. The van der Waals surface area contributed by atoms with E-state index < -0.39 is 0 Å². The van der Waals surface area contributed by atoms with Crippen LogP contribution in [0.25, 0.3) is 0 Å². The van der Waals surface area contributed by atoms with E-state index in [0.29, 0.717) is 5.82 Å². The average molecular weight is 128 g/mol. The van der Waals surface area contributed by atoms with Crippen molar-refractivity contribution in [2.75, 3.05) is 18.1 Å². The molecule has 0 fully saturated rings. The Hall–Kier alpha value is -1.39. The van der Waals surface area contributed by atoms with Gasteiger partial charge in [0.05, 0.1) is 0 Å². The number of aromatic nitrogens is 2. The highest BCUT2D eigenvalue weighted by atomic mass is 16.3. The molecule has 50 valence electrons. The summed E-state index contributed by atoms with van der Waals surface area (Å²) in [6, 6.07) is 0. The number of nitrogens with one attached hydrogen (secondary N) is 2. The van der Waals surface area contributed by atoms with Crippen LogP contribution in [0.3, 0.4) is 0 Å². The van der Waals surface area contributed by atoms with E-state index in [4.69, 9.17) is 10.8 Å². The van der Waals surface area contributed by atoms with Crippen LogP contribution in [0.2, 0.25) is 0 Å². The van der Waals surface area contributed by atoms with E-state index in [1.165, 1.54) is 0 Å². The van der Waals surface area contributed by atoms with E-state index in [-0.39, 0.29) is 11.8 Å². The van der Waals surface area contributed by atoms with Crippen LogP contribution in [0.4, 0.5) is 11.8 Å². The van der Waals surface area contributed by atoms with E-state index >= 15 is 0 Å². The molecular formula is C4H8N4O. The molecule has 1 aromatic heterocycles. The first-order chi connectivity index (χ1) is 4.24. The summed E-state index contributed by atoms with van der Waals surface area (Å²) in [6.45, 7) is 0. The predicted molar refractivity (Wildman–Crippen MR) is 34.2 cm³/mol. The molecular weight excluding hydrogens is 120 g/mol. The van der Waals surface area contributed by atoms with Gasteiger partial charge in [-0.2, -0.15) is 4.98 Å². The standard InChI is InChI=1S/C4H8N4O/c1-6-2-3(9)8-4(5)7-2/h6,9H,1H3,(H3,5,7,8). The van der Waals surface area contributed by atoms with Crippen molar-refractivity contribution in [1.29, 1.82) is 0 Å². The van der Waals surface area contributed by atoms with Gasteiger partial charge >= 0.3 is 0 Å². The van der Waals surface area contributed by atoms with Crippen LogP contribution in [0.15, 0.2) is 0 Å². The number of hydrogen-bond acceptors (Lipinski definition) is 4. The van der Waals surface area contributed by atoms with Crippen LogP contribution < -0.4 is 11.1 Å². The van der Waals surface area contributed by atoms with Crippen LogP contribution in [0.1, 0.15) is 0 Å². The van der Waals surface area contributed by atoms with Gasteiger partial charge < -0.3 is 21.1 Å². The molecule has 9 heavy (non-hydrogen) atoms. The Morgan fingerprint density at radius 1 is 1.78 bits per heavy atom. The molecule has 0 spiro atoms. The minimum atomic E-state index is -0.102. The summed E-state index contributed by atoms with van der Waals surface area (Å²) in [5, 5.41) is 11.5. The fourth-order valence-corrected chi connectivity index (χ4v) is 0.556.